The highest BCUT2D eigenvalue weighted by atomic mass is 127. The van der Waals surface area contributed by atoms with Crippen molar-refractivity contribution in [2.45, 2.75) is 26.9 Å². The number of guanidine groups is 1. The number of hydrogen-bond donors (Lipinski definition) is 2. The Kier molecular flexibility index (Phi) is 7.09. The van der Waals surface area contributed by atoms with Crippen molar-refractivity contribution in [2.24, 2.45) is 12.0 Å². The maximum absolute atomic E-state index is 4.42. The first kappa shape index (κ1) is 17.9. The monoisotopic (exact) mass is 420 g/mol. The average Bonchev–Trinajstić information content (AvgIpc) is 2.96. The van der Waals surface area contributed by atoms with Crippen LogP contribution in [0.15, 0.2) is 17.3 Å². The summed E-state index contributed by atoms with van der Waals surface area (Å²) in [5, 5.41) is 11.8. The Morgan fingerprint density at radius 1 is 1.33 bits per heavy atom. The summed E-state index contributed by atoms with van der Waals surface area (Å²) in [6, 6.07) is 1.98. The maximum atomic E-state index is 4.42. The van der Waals surface area contributed by atoms with Gasteiger partial charge in [-0.1, -0.05) is 0 Å². The van der Waals surface area contributed by atoms with Crippen LogP contribution in [0.4, 0.5) is 0 Å². The zero-order valence-electron chi connectivity index (χ0n) is 12.7. The van der Waals surface area contributed by atoms with Gasteiger partial charge in [0, 0.05) is 25.2 Å². The fourth-order valence-corrected chi connectivity index (χ4v) is 2.75. The summed E-state index contributed by atoms with van der Waals surface area (Å²) in [6.07, 6.45) is 1.79. The third-order valence-corrected chi connectivity index (χ3v) is 4.07. The first-order valence-corrected chi connectivity index (χ1v) is 7.26. The van der Waals surface area contributed by atoms with Gasteiger partial charge >= 0.3 is 0 Å². The summed E-state index contributed by atoms with van der Waals surface area (Å²) in [4.78, 5) is 9.88. The average molecular weight is 420 g/mol. The van der Waals surface area contributed by atoms with Crippen LogP contribution in [0.2, 0.25) is 0 Å². The minimum absolute atomic E-state index is 0. The molecule has 2 heterocycles. The quantitative estimate of drug-likeness (QED) is 0.451. The molecular formula is C13H21IN6S. The highest BCUT2D eigenvalue weighted by molar-refractivity contribution is 14.0. The molecule has 0 saturated heterocycles. The number of hydrogen-bond acceptors (Lipinski definition) is 4. The molecule has 0 unspecified atom stereocenters. The molecule has 6 nitrogen and oxygen atoms in total. The number of aliphatic imine (C=N–C) groups is 1. The molecule has 0 spiro atoms. The molecule has 21 heavy (non-hydrogen) atoms. The zero-order chi connectivity index (χ0) is 14.5. The molecule has 0 aromatic carbocycles. The van der Waals surface area contributed by atoms with E-state index >= 15 is 0 Å². The van der Waals surface area contributed by atoms with E-state index in [1.54, 1.807) is 24.6 Å². The van der Waals surface area contributed by atoms with Crippen LogP contribution in [-0.4, -0.2) is 27.8 Å². The normalized spacial score (nSPS) is 11.1. The number of halogens is 1. The third-order valence-electron chi connectivity index (χ3n) is 3.00. The van der Waals surface area contributed by atoms with Gasteiger partial charge in [0.15, 0.2) is 5.96 Å². The second kappa shape index (κ2) is 8.32. The van der Waals surface area contributed by atoms with E-state index < -0.39 is 0 Å². The molecule has 116 valence electrons. The van der Waals surface area contributed by atoms with Gasteiger partial charge in [-0.05, 0) is 19.9 Å². The lowest BCUT2D eigenvalue weighted by Gasteiger charge is -2.11. The van der Waals surface area contributed by atoms with E-state index in [1.807, 2.05) is 31.6 Å². The van der Waals surface area contributed by atoms with Crippen molar-refractivity contribution in [3.8, 4) is 0 Å². The molecule has 0 aliphatic carbocycles. The molecule has 2 aromatic heterocycles. The van der Waals surface area contributed by atoms with Gasteiger partial charge in [-0.15, -0.1) is 35.3 Å². The van der Waals surface area contributed by atoms with Crippen molar-refractivity contribution < 1.29 is 0 Å². The van der Waals surface area contributed by atoms with Crippen LogP contribution in [0.5, 0.6) is 0 Å². The van der Waals surface area contributed by atoms with E-state index in [0.29, 0.717) is 6.54 Å². The summed E-state index contributed by atoms with van der Waals surface area (Å²) >= 11 is 1.71. The smallest absolute Gasteiger partial charge is 0.191 e. The highest BCUT2D eigenvalue weighted by Gasteiger charge is 2.06. The third kappa shape index (κ3) is 4.95. The van der Waals surface area contributed by atoms with Gasteiger partial charge < -0.3 is 10.6 Å². The first-order valence-electron chi connectivity index (χ1n) is 6.44. The minimum Gasteiger partial charge on any atom is -0.351 e. The highest BCUT2D eigenvalue weighted by Crippen LogP contribution is 2.16. The summed E-state index contributed by atoms with van der Waals surface area (Å²) in [7, 11) is 3.69. The van der Waals surface area contributed by atoms with Crippen LogP contribution >= 0.6 is 35.3 Å². The van der Waals surface area contributed by atoms with Crippen molar-refractivity contribution in [2.75, 3.05) is 7.05 Å². The minimum atomic E-state index is 0. The van der Waals surface area contributed by atoms with E-state index in [-0.39, 0.29) is 24.0 Å². The largest absolute Gasteiger partial charge is 0.351 e. The van der Waals surface area contributed by atoms with Crippen molar-refractivity contribution in [1.29, 1.82) is 0 Å². The van der Waals surface area contributed by atoms with Gasteiger partial charge in [0.1, 0.15) is 0 Å². The lowest BCUT2D eigenvalue weighted by molar-refractivity contribution is 0.684. The Morgan fingerprint density at radius 2 is 2.05 bits per heavy atom. The van der Waals surface area contributed by atoms with Gasteiger partial charge in [0.05, 0.1) is 29.5 Å². The number of nitrogens with zero attached hydrogens (tertiary/aromatic N) is 4. The summed E-state index contributed by atoms with van der Waals surface area (Å²) in [6.45, 7) is 5.49. The second-order valence-electron chi connectivity index (χ2n) is 4.47. The molecule has 2 N–H and O–H groups in total. The zero-order valence-corrected chi connectivity index (χ0v) is 15.8. The van der Waals surface area contributed by atoms with Gasteiger partial charge in [-0.3, -0.25) is 9.67 Å². The molecule has 8 heteroatoms. The van der Waals surface area contributed by atoms with Crippen LogP contribution in [0, 0.1) is 13.8 Å². The molecule has 0 bridgehead atoms. The van der Waals surface area contributed by atoms with Crippen molar-refractivity contribution in [1.82, 2.24) is 25.4 Å². The van der Waals surface area contributed by atoms with Crippen molar-refractivity contribution in [3.63, 3.8) is 0 Å². The molecule has 0 radical (unpaired) electrons. The molecule has 2 rings (SSSR count). The van der Waals surface area contributed by atoms with E-state index in [4.69, 9.17) is 0 Å². The maximum Gasteiger partial charge on any atom is 0.191 e. The van der Waals surface area contributed by atoms with Crippen LogP contribution in [-0.2, 0) is 20.1 Å². The van der Waals surface area contributed by atoms with Crippen LogP contribution in [0.3, 0.4) is 0 Å². The Hall–Kier alpha value is -1.16. The van der Waals surface area contributed by atoms with E-state index in [1.165, 1.54) is 4.88 Å². The molecular weight excluding hydrogens is 399 g/mol. The molecule has 2 aromatic rings. The van der Waals surface area contributed by atoms with E-state index in [2.05, 4.69) is 25.7 Å². The number of nitrogens with one attached hydrogen (secondary N) is 2. The van der Waals surface area contributed by atoms with Gasteiger partial charge in [-0.2, -0.15) is 5.10 Å². The Morgan fingerprint density at radius 3 is 2.57 bits per heavy atom. The lowest BCUT2D eigenvalue weighted by Crippen LogP contribution is -2.36. The van der Waals surface area contributed by atoms with Crippen LogP contribution in [0.25, 0.3) is 0 Å². The lowest BCUT2D eigenvalue weighted by atomic mass is 10.4. The SMILES string of the molecule is CN=C(NCc1sc(C)nc1C)NCc1ccnn1C.I. The fourth-order valence-electron chi connectivity index (χ4n) is 1.87. The summed E-state index contributed by atoms with van der Waals surface area (Å²) in [5.41, 5.74) is 2.19. The van der Waals surface area contributed by atoms with Crippen LogP contribution in [0.1, 0.15) is 21.3 Å². The molecule has 0 aliphatic heterocycles. The molecule has 0 saturated carbocycles. The summed E-state index contributed by atoms with van der Waals surface area (Å²) < 4.78 is 1.84. The molecule has 0 aliphatic rings. The first-order chi connectivity index (χ1) is 9.60. The van der Waals surface area contributed by atoms with Gasteiger partial charge in [0.2, 0.25) is 0 Å². The number of rotatable bonds is 4. The molecule has 0 amide bonds. The van der Waals surface area contributed by atoms with Crippen LogP contribution < -0.4 is 10.6 Å². The topological polar surface area (TPSA) is 67.1 Å². The second-order valence-corrected chi connectivity index (χ2v) is 5.75. The molecule has 0 atom stereocenters. The number of thiazole rings is 1. The van der Waals surface area contributed by atoms with Crippen molar-refractivity contribution >= 4 is 41.3 Å². The van der Waals surface area contributed by atoms with Gasteiger partial charge in [-0.25, -0.2) is 4.98 Å². The number of aromatic nitrogens is 3. The van der Waals surface area contributed by atoms with E-state index in [9.17, 15) is 0 Å². The fraction of sp³-hybridized carbons (Fsp3) is 0.462. The van der Waals surface area contributed by atoms with E-state index in [0.717, 1.165) is 28.9 Å². The Balaban J connectivity index is 0.00000220. The number of aryl methyl sites for hydroxylation is 3. The summed E-state index contributed by atoms with van der Waals surface area (Å²) in [5.74, 6) is 0.775. The predicted molar refractivity (Wildman–Crippen MR) is 97.2 cm³/mol. The van der Waals surface area contributed by atoms with Crippen molar-refractivity contribution in [3.05, 3.63) is 33.5 Å². The Bertz CT molecular complexity index is 604. The standard InChI is InChI=1S/C13H20N6S.HI/c1-9-12(20-10(2)18-9)8-16-13(14-3)15-7-11-5-6-17-19(11)4;/h5-6H,7-8H2,1-4H3,(H2,14,15,16);1H. The Labute approximate surface area is 146 Å². The molecule has 0 fully saturated rings. The van der Waals surface area contributed by atoms with Gasteiger partial charge in [0.25, 0.3) is 0 Å². The predicted octanol–water partition coefficient (Wildman–Crippen LogP) is 1.98.